The highest BCUT2D eigenvalue weighted by atomic mass is 19.2. The highest BCUT2D eigenvalue weighted by molar-refractivity contribution is 5.79. The second-order valence-electron chi connectivity index (χ2n) is 7.57. The monoisotopic (exact) mass is 434 g/mol. The number of nitrogens with one attached hydrogen (secondary N) is 2. The molecule has 0 aliphatic carbocycles. The van der Waals surface area contributed by atoms with E-state index >= 15 is 0 Å². The van der Waals surface area contributed by atoms with Crippen LogP contribution in [0.5, 0.6) is 5.75 Å². The highest BCUT2D eigenvalue weighted by Crippen LogP contribution is 2.18. The molecule has 0 bridgehead atoms. The third-order valence-corrected chi connectivity index (χ3v) is 5.30. The van der Waals surface area contributed by atoms with E-state index in [1.807, 2.05) is 13.0 Å². The van der Waals surface area contributed by atoms with E-state index in [0.29, 0.717) is 25.7 Å². The molecule has 1 aliphatic heterocycles. The summed E-state index contributed by atoms with van der Waals surface area (Å²) in [7, 11) is 1.70. The van der Waals surface area contributed by atoms with Gasteiger partial charge in [-0.2, -0.15) is 0 Å². The lowest BCUT2D eigenvalue weighted by Gasteiger charge is -2.33. The Labute approximate surface area is 181 Å². The Morgan fingerprint density at radius 2 is 1.74 bits per heavy atom. The van der Waals surface area contributed by atoms with E-state index in [-0.39, 0.29) is 17.6 Å². The smallest absolute Gasteiger partial charge is 0.191 e. The zero-order chi connectivity index (χ0) is 22.2. The van der Waals surface area contributed by atoms with Crippen LogP contribution >= 0.6 is 0 Å². The first-order valence-electron chi connectivity index (χ1n) is 10.5. The van der Waals surface area contributed by atoms with E-state index in [1.54, 1.807) is 19.2 Å². The highest BCUT2D eigenvalue weighted by Gasteiger charge is 2.20. The lowest BCUT2D eigenvalue weighted by atomic mass is 10.0. The van der Waals surface area contributed by atoms with E-state index in [4.69, 9.17) is 4.74 Å². The molecular weight excluding hydrogens is 405 g/mol. The molecule has 0 aromatic heterocycles. The van der Waals surface area contributed by atoms with Crippen molar-refractivity contribution in [2.24, 2.45) is 4.99 Å². The molecule has 8 heteroatoms. The van der Waals surface area contributed by atoms with Gasteiger partial charge in [-0.1, -0.05) is 12.1 Å². The molecule has 3 rings (SSSR count). The maximum atomic E-state index is 14.0. The van der Waals surface area contributed by atoms with Crippen molar-refractivity contribution in [3.63, 3.8) is 0 Å². The standard InChI is InChI=1S/C23H29F3N4O/c1-3-31-22-7-5-16(12-21(22)26)14-28-23(27-2)29-18-8-10-30(11-9-18)15-17-4-6-19(24)20(25)13-17/h4-7,12-13,18H,3,8-11,14-15H2,1-2H3,(H2,27,28,29). The summed E-state index contributed by atoms with van der Waals surface area (Å²) < 4.78 is 45.7. The number of nitrogens with zero attached hydrogens (tertiary/aromatic N) is 2. The van der Waals surface area contributed by atoms with Crippen LogP contribution in [0.4, 0.5) is 13.2 Å². The number of hydrogen-bond acceptors (Lipinski definition) is 3. The zero-order valence-electron chi connectivity index (χ0n) is 17.9. The number of ether oxygens (including phenoxy) is 1. The van der Waals surface area contributed by atoms with Crippen LogP contribution < -0.4 is 15.4 Å². The normalized spacial score (nSPS) is 15.7. The van der Waals surface area contributed by atoms with E-state index in [2.05, 4.69) is 20.5 Å². The zero-order valence-corrected chi connectivity index (χ0v) is 17.9. The summed E-state index contributed by atoms with van der Waals surface area (Å²) in [4.78, 5) is 6.48. The van der Waals surface area contributed by atoms with Crippen LogP contribution in [0.2, 0.25) is 0 Å². The Bertz CT molecular complexity index is 898. The summed E-state index contributed by atoms with van der Waals surface area (Å²) in [6.45, 7) is 4.97. The summed E-state index contributed by atoms with van der Waals surface area (Å²) in [6, 6.07) is 9.23. The van der Waals surface area contributed by atoms with Crippen LogP contribution in [0.3, 0.4) is 0 Å². The molecule has 1 aliphatic rings. The van der Waals surface area contributed by atoms with Gasteiger partial charge in [-0.3, -0.25) is 9.89 Å². The molecule has 2 N–H and O–H groups in total. The number of piperidine rings is 1. The van der Waals surface area contributed by atoms with Crippen LogP contribution in [0.15, 0.2) is 41.4 Å². The van der Waals surface area contributed by atoms with E-state index in [0.717, 1.165) is 37.1 Å². The molecule has 0 saturated carbocycles. The number of benzene rings is 2. The molecule has 0 amide bonds. The van der Waals surface area contributed by atoms with Crippen molar-refractivity contribution in [2.75, 3.05) is 26.7 Å². The van der Waals surface area contributed by atoms with E-state index < -0.39 is 11.6 Å². The SMILES string of the molecule is CCOc1ccc(CNC(=NC)NC2CCN(Cc3ccc(F)c(F)c3)CC2)cc1F. The molecule has 0 radical (unpaired) electrons. The van der Waals surface area contributed by atoms with Crippen molar-refractivity contribution in [3.05, 3.63) is 65.0 Å². The predicted octanol–water partition coefficient (Wildman–Crippen LogP) is 3.83. The van der Waals surface area contributed by atoms with Crippen LogP contribution in [-0.4, -0.2) is 43.6 Å². The Hall–Kier alpha value is -2.74. The van der Waals surface area contributed by atoms with Gasteiger partial charge in [0.2, 0.25) is 0 Å². The minimum Gasteiger partial charge on any atom is -0.491 e. The minimum atomic E-state index is -0.821. The summed E-state index contributed by atoms with van der Waals surface area (Å²) >= 11 is 0. The summed E-state index contributed by atoms with van der Waals surface area (Å²) in [5.41, 5.74) is 1.57. The van der Waals surface area contributed by atoms with Crippen molar-refractivity contribution in [1.29, 1.82) is 0 Å². The van der Waals surface area contributed by atoms with Gasteiger partial charge in [0.25, 0.3) is 0 Å². The van der Waals surface area contributed by atoms with Gasteiger partial charge in [0.1, 0.15) is 0 Å². The molecule has 2 aromatic rings. The molecule has 0 unspecified atom stereocenters. The second kappa shape index (κ2) is 11.0. The minimum absolute atomic E-state index is 0.254. The maximum absolute atomic E-state index is 14.0. The van der Waals surface area contributed by atoms with Crippen LogP contribution in [0.25, 0.3) is 0 Å². The molecule has 31 heavy (non-hydrogen) atoms. The Morgan fingerprint density at radius 3 is 2.39 bits per heavy atom. The number of rotatable bonds is 7. The average molecular weight is 435 g/mol. The first-order chi connectivity index (χ1) is 15.0. The molecule has 168 valence electrons. The summed E-state index contributed by atoms with van der Waals surface area (Å²) in [5, 5.41) is 6.62. The Balaban J connectivity index is 1.44. The van der Waals surface area contributed by atoms with Crippen molar-refractivity contribution in [3.8, 4) is 5.75 Å². The van der Waals surface area contributed by atoms with E-state index in [9.17, 15) is 13.2 Å². The molecule has 0 atom stereocenters. The quantitative estimate of drug-likeness (QED) is 0.514. The van der Waals surface area contributed by atoms with Crippen LogP contribution in [-0.2, 0) is 13.1 Å². The van der Waals surface area contributed by atoms with Gasteiger partial charge in [-0.05, 0) is 55.2 Å². The second-order valence-corrected chi connectivity index (χ2v) is 7.57. The molecular formula is C23H29F3N4O. The number of guanidine groups is 1. The Morgan fingerprint density at radius 1 is 1.03 bits per heavy atom. The van der Waals surface area contributed by atoms with Crippen LogP contribution in [0, 0.1) is 17.5 Å². The largest absolute Gasteiger partial charge is 0.491 e. The topological polar surface area (TPSA) is 48.9 Å². The van der Waals surface area contributed by atoms with Gasteiger partial charge in [-0.15, -0.1) is 0 Å². The molecule has 1 heterocycles. The number of halogens is 3. The van der Waals surface area contributed by atoms with Gasteiger partial charge in [0, 0.05) is 39.3 Å². The Kier molecular flexibility index (Phi) is 8.17. The first kappa shape index (κ1) is 22.9. The fourth-order valence-corrected chi connectivity index (χ4v) is 3.63. The lowest BCUT2D eigenvalue weighted by Crippen LogP contribution is -2.48. The van der Waals surface area contributed by atoms with Crippen molar-refractivity contribution in [1.82, 2.24) is 15.5 Å². The maximum Gasteiger partial charge on any atom is 0.191 e. The number of hydrogen-bond donors (Lipinski definition) is 2. The van der Waals surface area contributed by atoms with Gasteiger partial charge in [-0.25, -0.2) is 13.2 Å². The molecule has 0 spiro atoms. The van der Waals surface area contributed by atoms with Crippen molar-refractivity contribution >= 4 is 5.96 Å². The lowest BCUT2D eigenvalue weighted by molar-refractivity contribution is 0.198. The fourth-order valence-electron chi connectivity index (χ4n) is 3.63. The average Bonchev–Trinajstić information content (AvgIpc) is 2.77. The van der Waals surface area contributed by atoms with Gasteiger partial charge in [0.15, 0.2) is 29.2 Å². The summed E-state index contributed by atoms with van der Waals surface area (Å²) in [6.07, 6.45) is 1.81. The fraction of sp³-hybridized carbons (Fsp3) is 0.435. The van der Waals surface area contributed by atoms with E-state index in [1.165, 1.54) is 18.2 Å². The number of likely N-dealkylation sites (tertiary alicyclic amines) is 1. The molecule has 1 saturated heterocycles. The molecule has 1 fully saturated rings. The predicted molar refractivity (Wildman–Crippen MR) is 116 cm³/mol. The van der Waals surface area contributed by atoms with Gasteiger partial charge in [0.05, 0.1) is 6.61 Å². The molecule has 5 nitrogen and oxygen atoms in total. The third-order valence-electron chi connectivity index (χ3n) is 5.30. The summed E-state index contributed by atoms with van der Waals surface area (Å²) in [5.74, 6) is -1.09. The molecule has 2 aromatic carbocycles. The van der Waals surface area contributed by atoms with Crippen molar-refractivity contribution < 1.29 is 17.9 Å². The third kappa shape index (κ3) is 6.62. The van der Waals surface area contributed by atoms with Crippen molar-refractivity contribution in [2.45, 2.75) is 38.9 Å². The van der Waals surface area contributed by atoms with Crippen LogP contribution in [0.1, 0.15) is 30.9 Å². The van der Waals surface area contributed by atoms with Gasteiger partial charge < -0.3 is 15.4 Å². The van der Waals surface area contributed by atoms with Gasteiger partial charge >= 0.3 is 0 Å². The number of aliphatic imine (C=N–C) groups is 1. The first-order valence-corrected chi connectivity index (χ1v) is 10.5.